The Labute approximate surface area is 176 Å². The Balaban J connectivity index is 2.12. The molecule has 1 aliphatic heterocycles. The van der Waals surface area contributed by atoms with E-state index >= 15 is 0 Å². The second kappa shape index (κ2) is 7.62. The number of aryl methyl sites for hydroxylation is 1. The van der Waals surface area contributed by atoms with Crippen LogP contribution < -0.4 is 4.31 Å². The largest absolute Gasteiger partial charge is 0.274 e. The molecule has 10 heteroatoms. The molecule has 1 amide bonds. The highest BCUT2D eigenvalue weighted by Gasteiger charge is 2.35. The van der Waals surface area contributed by atoms with Crippen molar-refractivity contribution in [1.29, 1.82) is 0 Å². The summed E-state index contributed by atoms with van der Waals surface area (Å²) in [6.07, 6.45) is 0.655. The van der Waals surface area contributed by atoms with Crippen molar-refractivity contribution in [1.82, 2.24) is 4.31 Å². The van der Waals surface area contributed by atoms with Gasteiger partial charge in [-0.2, -0.15) is 0 Å². The van der Waals surface area contributed by atoms with Gasteiger partial charge in [0.05, 0.1) is 15.5 Å². The number of rotatable bonds is 5. The van der Waals surface area contributed by atoms with Gasteiger partial charge >= 0.3 is 0 Å². The number of halogens is 1. The molecule has 7 nitrogen and oxygen atoms in total. The molecule has 0 atom stereocenters. The number of nitrogens with zero attached hydrogens (tertiary/aromatic N) is 2. The lowest BCUT2D eigenvalue weighted by Crippen LogP contribution is -2.33. The first-order valence-electron chi connectivity index (χ1n) is 8.88. The number of carbonyl (C=O) groups is 1. The number of anilines is 1. The maximum atomic E-state index is 13.1. The van der Waals surface area contributed by atoms with Gasteiger partial charge < -0.3 is 0 Å². The second-order valence-corrected chi connectivity index (χ2v) is 11.1. The Kier molecular flexibility index (Phi) is 5.68. The third-order valence-corrected chi connectivity index (χ3v) is 8.96. The lowest BCUT2D eigenvalue weighted by Gasteiger charge is -2.26. The van der Waals surface area contributed by atoms with Crippen LogP contribution in [-0.4, -0.2) is 40.6 Å². The van der Waals surface area contributed by atoms with Gasteiger partial charge in [-0.15, -0.1) is 0 Å². The minimum Gasteiger partial charge on any atom is -0.274 e. The predicted octanol–water partition coefficient (Wildman–Crippen LogP) is 3.09. The number of sulfonamides is 2. The number of hydrogen-bond acceptors (Lipinski definition) is 5. The van der Waals surface area contributed by atoms with Crippen LogP contribution in [-0.2, 0) is 24.8 Å². The van der Waals surface area contributed by atoms with Gasteiger partial charge in [-0.05, 0) is 61.7 Å². The van der Waals surface area contributed by atoms with Crippen LogP contribution in [0.1, 0.15) is 24.0 Å². The lowest BCUT2D eigenvalue weighted by atomic mass is 10.1. The molecule has 0 unspecified atom stereocenters. The molecule has 2 aromatic rings. The molecule has 0 radical (unpaired) electrons. The van der Waals surface area contributed by atoms with E-state index in [9.17, 15) is 21.6 Å². The quantitative estimate of drug-likeness (QED) is 0.689. The monoisotopic (exact) mass is 456 g/mol. The highest BCUT2D eigenvalue weighted by atomic mass is 35.5. The van der Waals surface area contributed by atoms with Crippen LogP contribution in [0.25, 0.3) is 0 Å². The standard InChI is InChI=1S/C19H21ClN2O5S2/c1-13-6-11-17(29(26,27)22-12-4-5-18(22)23)14(2)19(13)21(3)28(24,25)16-9-7-15(20)8-10-16/h6-11H,4-5,12H2,1-3H3. The Bertz CT molecular complexity index is 1180. The second-order valence-electron chi connectivity index (χ2n) is 6.86. The first-order valence-corrected chi connectivity index (χ1v) is 12.1. The molecule has 0 aromatic heterocycles. The Morgan fingerprint density at radius 2 is 1.62 bits per heavy atom. The molecule has 1 saturated heterocycles. The van der Waals surface area contributed by atoms with E-state index in [1.54, 1.807) is 19.9 Å². The fourth-order valence-corrected chi connectivity index (χ4v) is 6.60. The fourth-order valence-electron chi connectivity index (χ4n) is 3.46. The van der Waals surface area contributed by atoms with E-state index in [0.29, 0.717) is 17.0 Å². The average Bonchev–Trinajstić information content (AvgIpc) is 3.08. The van der Waals surface area contributed by atoms with Gasteiger partial charge in [0.25, 0.3) is 20.0 Å². The number of amides is 1. The van der Waals surface area contributed by atoms with Gasteiger partial charge in [-0.25, -0.2) is 21.1 Å². The molecule has 29 heavy (non-hydrogen) atoms. The zero-order valence-electron chi connectivity index (χ0n) is 16.2. The minimum absolute atomic E-state index is 0.0335. The van der Waals surface area contributed by atoms with Crippen LogP contribution in [0, 0.1) is 13.8 Å². The Morgan fingerprint density at radius 1 is 1.00 bits per heavy atom. The molecule has 1 heterocycles. The molecule has 0 saturated carbocycles. The molecule has 0 N–H and O–H groups in total. The average molecular weight is 457 g/mol. The fraction of sp³-hybridized carbons (Fsp3) is 0.316. The SMILES string of the molecule is Cc1ccc(S(=O)(=O)N2CCCC2=O)c(C)c1N(C)S(=O)(=O)c1ccc(Cl)cc1. The molecule has 156 valence electrons. The van der Waals surface area contributed by atoms with Crippen LogP contribution in [0.3, 0.4) is 0 Å². The van der Waals surface area contributed by atoms with Crippen molar-refractivity contribution in [3.05, 3.63) is 52.5 Å². The molecular formula is C19H21ClN2O5S2. The van der Waals surface area contributed by atoms with Crippen molar-refractivity contribution in [3.8, 4) is 0 Å². The number of carbonyl (C=O) groups excluding carboxylic acids is 1. The number of benzene rings is 2. The third-order valence-electron chi connectivity index (χ3n) is 4.97. The minimum atomic E-state index is -4.06. The van der Waals surface area contributed by atoms with Gasteiger partial charge in [-0.3, -0.25) is 9.10 Å². The maximum absolute atomic E-state index is 13.1. The zero-order chi connectivity index (χ0) is 21.6. The molecule has 3 rings (SSSR count). The van der Waals surface area contributed by atoms with Gasteiger partial charge in [-0.1, -0.05) is 17.7 Å². The molecule has 0 spiro atoms. The van der Waals surface area contributed by atoms with Gasteiger partial charge in [0, 0.05) is 25.0 Å². The van der Waals surface area contributed by atoms with Gasteiger partial charge in [0.1, 0.15) is 0 Å². The van der Waals surface area contributed by atoms with Crippen LogP contribution in [0.2, 0.25) is 5.02 Å². The Morgan fingerprint density at radius 3 is 2.17 bits per heavy atom. The summed E-state index contributed by atoms with van der Waals surface area (Å²) in [7, 11) is -6.64. The first-order chi connectivity index (χ1) is 13.5. The normalized spacial score (nSPS) is 15.0. The van der Waals surface area contributed by atoms with Crippen LogP contribution in [0.15, 0.2) is 46.2 Å². The molecule has 1 fully saturated rings. The summed E-state index contributed by atoms with van der Waals surface area (Å²) < 4.78 is 54.2. The van der Waals surface area contributed by atoms with Crippen LogP contribution in [0.4, 0.5) is 5.69 Å². The van der Waals surface area contributed by atoms with E-state index in [1.165, 1.54) is 37.4 Å². The maximum Gasteiger partial charge on any atom is 0.266 e. The first kappa shape index (κ1) is 21.6. The molecule has 1 aliphatic rings. The van der Waals surface area contributed by atoms with Crippen molar-refractivity contribution in [3.63, 3.8) is 0 Å². The molecule has 2 aromatic carbocycles. The van der Waals surface area contributed by atoms with E-state index in [1.807, 2.05) is 0 Å². The lowest BCUT2D eigenvalue weighted by molar-refractivity contribution is -0.123. The van der Waals surface area contributed by atoms with E-state index in [0.717, 1.165) is 8.61 Å². The van der Waals surface area contributed by atoms with Crippen LogP contribution in [0.5, 0.6) is 0 Å². The Hall–Kier alpha value is -2.10. The van der Waals surface area contributed by atoms with E-state index in [4.69, 9.17) is 11.6 Å². The van der Waals surface area contributed by atoms with Crippen molar-refractivity contribution >= 4 is 43.2 Å². The van der Waals surface area contributed by atoms with E-state index in [2.05, 4.69) is 0 Å². The van der Waals surface area contributed by atoms with Crippen molar-refractivity contribution in [2.45, 2.75) is 36.5 Å². The summed E-state index contributed by atoms with van der Waals surface area (Å²) in [6, 6.07) is 8.69. The summed E-state index contributed by atoms with van der Waals surface area (Å²) in [5.74, 6) is -0.450. The number of hydrogen-bond donors (Lipinski definition) is 0. The topological polar surface area (TPSA) is 91.8 Å². The smallest absolute Gasteiger partial charge is 0.266 e. The van der Waals surface area contributed by atoms with E-state index < -0.39 is 26.0 Å². The zero-order valence-corrected chi connectivity index (χ0v) is 18.6. The van der Waals surface area contributed by atoms with E-state index in [-0.39, 0.29) is 34.0 Å². The van der Waals surface area contributed by atoms with Crippen molar-refractivity contribution in [2.75, 3.05) is 17.9 Å². The van der Waals surface area contributed by atoms with Gasteiger partial charge in [0.15, 0.2) is 0 Å². The summed E-state index contributed by atoms with van der Waals surface area (Å²) in [6.45, 7) is 3.37. The van der Waals surface area contributed by atoms with Crippen molar-refractivity contribution < 1.29 is 21.6 Å². The summed E-state index contributed by atoms with van der Waals surface area (Å²) in [5.41, 5.74) is 1.12. The summed E-state index contributed by atoms with van der Waals surface area (Å²) >= 11 is 5.85. The summed E-state index contributed by atoms with van der Waals surface area (Å²) in [4.78, 5) is 11.9. The van der Waals surface area contributed by atoms with Crippen LogP contribution >= 0.6 is 11.6 Å². The van der Waals surface area contributed by atoms with Crippen molar-refractivity contribution in [2.24, 2.45) is 0 Å². The predicted molar refractivity (Wildman–Crippen MR) is 111 cm³/mol. The highest BCUT2D eigenvalue weighted by Crippen LogP contribution is 2.35. The molecular weight excluding hydrogens is 436 g/mol. The highest BCUT2D eigenvalue weighted by molar-refractivity contribution is 7.92. The molecule has 0 aliphatic carbocycles. The molecule has 0 bridgehead atoms. The third kappa shape index (κ3) is 3.74. The van der Waals surface area contributed by atoms with Gasteiger partial charge in [0.2, 0.25) is 5.91 Å². The summed E-state index contributed by atoms with van der Waals surface area (Å²) in [5, 5.41) is 0.405.